The largest absolute Gasteiger partial charge is 0.369 e. The van der Waals surface area contributed by atoms with Crippen molar-refractivity contribution in [2.75, 3.05) is 0 Å². The van der Waals surface area contributed by atoms with Crippen LogP contribution in [0.5, 0.6) is 0 Å². The highest BCUT2D eigenvalue weighted by Gasteiger charge is 2.58. The van der Waals surface area contributed by atoms with Crippen molar-refractivity contribution >= 4 is 27.7 Å². The van der Waals surface area contributed by atoms with E-state index in [4.69, 9.17) is 5.73 Å². The summed E-state index contributed by atoms with van der Waals surface area (Å²) in [6, 6.07) is 8.13. The van der Waals surface area contributed by atoms with E-state index in [1.165, 1.54) is 0 Å². The summed E-state index contributed by atoms with van der Waals surface area (Å²) in [5, 5.41) is 3.37. The predicted octanol–water partition coefficient (Wildman–Crippen LogP) is 3.52. The molecule has 0 saturated heterocycles. The first-order valence-corrected chi connectivity index (χ1v) is 10.4. The van der Waals surface area contributed by atoms with Gasteiger partial charge in [-0.1, -0.05) is 28.1 Å². The smallest absolute Gasteiger partial charge is 0.230 e. The van der Waals surface area contributed by atoms with Crippen LogP contribution in [0.15, 0.2) is 28.7 Å². The minimum atomic E-state index is -0.597. The number of nitrogens with one attached hydrogen (secondary N) is 1. The molecule has 4 saturated carbocycles. The van der Waals surface area contributed by atoms with Gasteiger partial charge in [0.15, 0.2) is 0 Å². The fraction of sp³-hybridized carbons (Fsp3) is 0.619. The SMILES string of the molecule is CC(C)(C(=O)NC1C2CC3CC1CC(C(N)=O)(C3)C2)c1cccc(Br)c1. The van der Waals surface area contributed by atoms with E-state index in [0.717, 1.165) is 42.1 Å². The summed E-state index contributed by atoms with van der Waals surface area (Å²) in [7, 11) is 0. The second kappa shape index (κ2) is 6.08. The molecule has 4 nitrogen and oxygen atoms in total. The number of rotatable bonds is 4. The molecule has 3 N–H and O–H groups in total. The molecule has 1 aromatic rings. The third-order valence-electron chi connectivity index (χ3n) is 7.21. The maximum absolute atomic E-state index is 13.2. The quantitative estimate of drug-likeness (QED) is 0.784. The average molecular weight is 419 g/mol. The first kappa shape index (κ1) is 18.0. The number of benzene rings is 1. The topological polar surface area (TPSA) is 72.2 Å². The standard InChI is InChI=1S/C21H27BrN2O2/c1-20(2,15-4-3-5-16(22)8-15)19(26)24-17-13-6-12-7-14(17)11-21(9-12,10-13)18(23)25/h3-5,8,12-14,17H,6-7,9-11H2,1-2H3,(H2,23,25)(H,24,26). The lowest BCUT2D eigenvalue weighted by Gasteiger charge is -2.59. The van der Waals surface area contributed by atoms with E-state index in [1.54, 1.807) is 0 Å². The van der Waals surface area contributed by atoms with Gasteiger partial charge in [0.25, 0.3) is 0 Å². The highest BCUT2D eigenvalue weighted by molar-refractivity contribution is 9.10. The Morgan fingerprint density at radius 2 is 1.85 bits per heavy atom. The Balaban J connectivity index is 1.53. The average Bonchev–Trinajstić information content (AvgIpc) is 2.57. The van der Waals surface area contributed by atoms with Crippen LogP contribution < -0.4 is 11.1 Å². The Bertz CT molecular complexity index is 744. The van der Waals surface area contributed by atoms with Crippen LogP contribution in [0.1, 0.15) is 51.5 Å². The molecule has 0 aliphatic heterocycles. The van der Waals surface area contributed by atoms with Gasteiger partial charge < -0.3 is 11.1 Å². The monoisotopic (exact) mass is 418 g/mol. The first-order chi connectivity index (χ1) is 12.2. The summed E-state index contributed by atoms with van der Waals surface area (Å²) in [6.45, 7) is 3.95. The number of amides is 2. The highest BCUT2D eigenvalue weighted by atomic mass is 79.9. The Morgan fingerprint density at radius 1 is 1.19 bits per heavy atom. The Morgan fingerprint density at radius 3 is 2.42 bits per heavy atom. The molecule has 0 spiro atoms. The summed E-state index contributed by atoms with van der Waals surface area (Å²) in [4.78, 5) is 25.3. The number of hydrogen-bond acceptors (Lipinski definition) is 2. The fourth-order valence-electron chi connectivity index (χ4n) is 5.90. The molecular weight excluding hydrogens is 392 g/mol. The minimum Gasteiger partial charge on any atom is -0.369 e. The maximum Gasteiger partial charge on any atom is 0.230 e. The predicted molar refractivity (Wildman–Crippen MR) is 104 cm³/mol. The van der Waals surface area contributed by atoms with Crippen molar-refractivity contribution in [2.45, 2.75) is 57.4 Å². The van der Waals surface area contributed by atoms with Gasteiger partial charge in [0.05, 0.1) is 5.41 Å². The summed E-state index contributed by atoms with van der Waals surface area (Å²) >= 11 is 3.50. The molecule has 4 fully saturated rings. The van der Waals surface area contributed by atoms with Crippen LogP contribution >= 0.6 is 15.9 Å². The summed E-state index contributed by atoms with van der Waals surface area (Å²) in [5.41, 5.74) is 5.86. The Kier molecular flexibility index (Phi) is 4.22. The molecule has 140 valence electrons. The number of nitrogens with two attached hydrogens (primary N) is 1. The van der Waals surface area contributed by atoms with Gasteiger partial charge in [-0.15, -0.1) is 0 Å². The van der Waals surface area contributed by atoms with E-state index in [2.05, 4.69) is 21.2 Å². The van der Waals surface area contributed by atoms with Gasteiger partial charge in [-0.25, -0.2) is 0 Å². The number of primary amides is 1. The van der Waals surface area contributed by atoms with Crippen molar-refractivity contribution in [1.82, 2.24) is 5.32 Å². The molecule has 2 amide bonds. The van der Waals surface area contributed by atoms with Crippen molar-refractivity contribution in [3.8, 4) is 0 Å². The second-order valence-electron chi connectivity index (χ2n) is 9.25. The van der Waals surface area contributed by atoms with Crippen molar-refractivity contribution in [2.24, 2.45) is 28.9 Å². The van der Waals surface area contributed by atoms with Gasteiger partial charge in [-0.2, -0.15) is 0 Å². The van der Waals surface area contributed by atoms with Gasteiger partial charge in [-0.05, 0) is 81.4 Å². The number of hydrogen-bond donors (Lipinski definition) is 2. The Labute approximate surface area is 163 Å². The minimum absolute atomic E-state index is 0.0706. The molecule has 2 atom stereocenters. The van der Waals surface area contributed by atoms with Gasteiger partial charge >= 0.3 is 0 Å². The van der Waals surface area contributed by atoms with E-state index in [1.807, 2.05) is 38.1 Å². The van der Waals surface area contributed by atoms with Crippen molar-refractivity contribution in [3.63, 3.8) is 0 Å². The molecule has 26 heavy (non-hydrogen) atoms. The highest BCUT2D eigenvalue weighted by Crippen LogP contribution is 2.60. The molecule has 4 bridgehead atoms. The van der Waals surface area contributed by atoms with E-state index in [-0.39, 0.29) is 23.3 Å². The third-order valence-corrected chi connectivity index (χ3v) is 7.70. The number of halogens is 1. The summed E-state index contributed by atoms with van der Waals surface area (Å²) in [6.07, 6.45) is 4.89. The summed E-state index contributed by atoms with van der Waals surface area (Å²) < 4.78 is 0.980. The van der Waals surface area contributed by atoms with Crippen molar-refractivity contribution in [1.29, 1.82) is 0 Å². The van der Waals surface area contributed by atoms with Crippen LogP contribution in [-0.2, 0) is 15.0 Å². The summed E-state index contributed by atoms with van der Waals surface area (Å²) in [5.74, 6) is 1.32. The molecule has 4 aliphatic carbocycles. The molecule has 1 aromatic carbocycles. The van der Waals surface area contributed by atoms with E-state index < -0.39 is 5.41 Å². The van der Waals surface area contributed by atoms with Crippen molar-refractivity contribution in [3.05, 3.63) is 34.3 Å². The molecule has 5 heteroatoms. The van der Waals surface area contributed by atoms with E-state index >= 15 is 0 Å². The number of carbonyl (C=O) groups excluding carboxylic acids is 2. The molecule has 2 unspecified atom stereocenters. The second-order valence-corrected chi connectivity index (χ2v) is 10.2. The lowest BCUT2D eigenvalue weighted by Crippen LogP contribution is -2.63. The fourth-order valence-corrected chi connectivity index (χ4v) is 6.30. The zero-order valence-corrected chi connectivity index (χ0v) is 17.0. The maximum atomic E-state index is 13.2. The lowest BCUT2D eigenvalue weighted by atomic mass is 9.47. The Hall–Kier alpha value is -1.36. The van der Waals surface area contributed by atoms with Crippen LogP contribution in [0.4, 0.5) is 0 Å². The van der Waals surface area contributed by atoms with Crippen LogP contribution in [0, 0.1) is 23.2 Å². The molecule has 0 radical (unpaired) electrons. The van der Waals surface area contributed by atoms with Crippen LogP contribution in [0.2, 0.25) is 0 Å². The molecule has 0 aromatic heterocycles. The van der Waals surface area contributed by atoms with Gasteiger partial charge in [-0.3, -0.25) is 9.59 Å². The van der Waals surface area contributed by atoms with Gasteiger partial charge in [0.2, 0.25) is 11.8 Å². The normalized spacial score (nSPS) is 35.3. The molecule has 4 aliphatic rings. The zero-order chi connectivity index (χ0) is 18.7. The van der Waals surface area contributed by atoms with Gasteiger partial charge in [0.1, 0.15) is 0 Å². The third kappa shape index (κ3) is 2.79. The molecule has 0 heterocycles. The van der Waals surface area contributed by atoms with Crippen LogP contribution in [0.3, 0.4) is 0 Å². The van der Waals surface area contributed by atoms with Gasteiger partial charge in [0, 0.05) is 15.9 Å². The van der Waals surface area contributed by atoms with E-state index in [9.17, 15) is 9.59 Å². The first-order valence-electron chi connectivity index (χ1n) is 9.58. The van der Waals surface area contributed by atoms with E-state index in [0.29, 0.717) is 17.8 Å². The van der Waals surface area contributed by atoms with Crippen molar-refractivity contribution < 1.29 is 9.59 Å². The zero-order valence-electron chi connectivity index (χ0n) is 15.4. The molecular formula is C21H27BrN2O2. The lowest BCUT2D eigenvalue weighted by molar-refractivity contribution is -0.148. The molecule has 5 rings (SSSR count). The van der Waals surface area contributed by atoms with Crippen LogP contribution in [-0.4, -0.2) is 17.9 Å². The van der Waals surface area contributed by atoms with Crippen LogP contribution in [0.25, 0.3) is 0 Å². The number of carbonyl (C=O) groups is 2.